The van der Waals surface area contributed by atoms with Crippen molar-refractivity contribution in [1.82, 2.24) is 4.90 Å². The Bertz CT molecular complexity index is 785. The topological polar surface area (TPSA) is 49.4 Å². The van der Waals surface area contributed by atoms with E-state index in [0.717, 1.165) is 11.3 Å². The van der Waals surface area contributed by atoms with E-state index < -0.39 is 6.04 Å². The molecule has 1 N–H and O–H groups in total. The van der Waals surface area contributed by atoms with E-state index in [1.54, 1.807) is 40.5 Å². The van der Waals surface area contributed by atoms with Crippen LogP contribution in [0, 0.1) is 0 Å². The van der Waals surface area contributed by atoms with Crippen LogP contribution in [0.5, 0.6) is 0 Å². The molecule has 0 spiro atoms. The zero-order valence-corrected chi connectivity index (χ0v) is 15.6. The molecule has 0 bridgehead atoms. The van der Waals surface area contributed by atoms with Gasteiger partial charge in [0.25, 0.3) is 0 Å². The Morgan fingerprint density at radius 1 is 1.24 bits per heavy atom. The summed E-state index contributed by atoms with van der Waals surface area (Å²) in [7, 11) is 0. The molecule has 0 aliphatic carbocycles. The quantitative estimate of drug-likeness (QED) is 0.763. The third kappa shape index (κ3) is 4.63. The van der Waals surface area contributed by atoms with Gasteiger partial charge in [-0.2, -0.15) is 0 Å². The number of hydrogen-bond donors (Lipinski definition) is 1. The lowest BCUT2D eigenvalue weighted by molar-refractivity contribution is -0.132. The minimum absolute atomic E-state index is 0.157. The van der Waals surface area contributed by atoms with Crippen LogP contribution in [0.25, 0.3) is 6.08 Å². The summed E-state index contributed by atoms with van der Waals surface area (Å²) in [5, 5.41) is 5.64. The second kappa shape index (κ2) is 8.04. The molecule has 4 nitrogen and oxygen atoms in total. The van der Waals surface area contributed by atoms with E-state index in [1.165, 1.54) is 6.08 Å². The average molecular weight is 395 g/mol. The van der Waals surface area contributed by atoms with Gasteiger partial charge < -0.3 is 10.2 Å². The van der Waals surface area contributed by atoms with Gasteiger partial charge in [0, 0.05) is 33.2 Å². The van der Waals surface area contributed by atoms with Gasteiger partial charge in [0.05, 0.1) is 0 Å². The van der Waals surface area contributed by atoms with Crippen LogP contribution in [0.2, 0.25) is 10.0 Å². The van der Waals surface area contributed by atoms with Gasteiger partial charge >= 0.3 is 0 Å². The number of benzene rings is 1. The first kappa shape index (κ1) is 18.0. The minimum atomic E-state index is -0.488. The third-order valence-corrected chi connectivity index (χ3v) is 5.18. The van der Waals surface area contributed by atoms with Gasteiger partial charge in [-0.05, 0) is 48.6 Å². The summed E-state index contributed by atoms with van der Waals surface area (Å²) >= 11 is 13.5. The molecule has 2 heterocycles. The van der Waals surface area contributed by atoms with Gasteiger partial charge in [-0.3, -0.25) is 9.59 Å². The molecule has 7 heteroatoms. The van der Waals surface area contributed by atoms with Crippen molar-refractivity contribution in [3.05, 3.63) is 56.7 Å². The Kier molecular flexibility index (Phi) is 5.78. The molecule has 1 aromatic carbocycles. The summed E-state index contributed by atoms with van der Waals surface area (Å²) in [5.41, 5.74) is 0.524. The predicted octanol–water partition coefficient (Wildman–Crippen LogP) is 4.70. The number of halogens is 2. The highest BCUT2D eigenvalue weighted by Crippen LogP contribution is 2.24. The zero-order valence-electron chi connectivity index (χ0n) is 13.2. The Balaban J connectivity index is 1.67. The molecule has 1 aromatic heterocycles. The van der Waals surface area contributed by atoms with Crippen molar-refractivity contribution >= 4 is 58.1 Å². The molecule has 0 saturated carbocycles. The maximum atomic E-state index is 12.6. The second-order valence-electron chi connectivity index (χ2n) is 5.69. The summed E-state index contributed by atoms with van der Waals surface area (Å²) in [6.07, 6.45) is 4.73. The summed E-state index contributed by atoms with van der Waals surface area (Å²) < 4.78 is 0. The molecule has 0 radical (unpaired) electrons. The molecular weight excluding hydrogens is 379 g/mol. The first-order chi connectivity index (χ1) is 12.0. The van der Waals surface area contributed by atoms with Gasteiger partial charge in [-0.15, -0.1) is 11.3 Å². The molecule has 1 aliphatic heterocycles. The van der Waals surface area contributed by atoms with E-state index in [2.05, 4.69) is 5.32 Å². The van der Waals surface area contributed by atoms with E-state index in [1.807, 2.05) is 17.5 Å². The molecular formula is C18H16Cl2N2O2S. The molecule has 25 heavy (non-hydrogen) atoms. The van der Waals surface area contributed by atoms with Crippen molar-refractivity contribution in [2.45, 2.75) is 18.9 Å². The molecule has 1 unspecified atom stereocenters. The monoisotopic (exact) mass is 394 g/mol. The Labute approximate surface area is 160 Å². The molecule has 3 rings (SSSR count). The number of nitrogens with zero attached hydrogens (tertiary/aromatic N) is 1. The van der Waals surface area contributed by atoms with E-state index in [0.29, 0.717) is 28.7 Å². The van der Waals surface area contributed by atoms with Crippen molar-refractivity contribution in [2.75, 3.05) is 11.9 Å². The number of rotatable bonds is 4. The van der Waals surface area contributed by atoms with Crippen molar-refractivity contribution in [3.63, 3.8) is 0 Å². The number of amides is 2. The average Bonchev–Trinajstić information content (AvgIpc) is 3.23. The number of thiophene rings is 1. The first-order valence-corrected chi connectivity index (χ1v) is 9.45. The molecule has 130 valence electrons. The summed E-state index contributed by atoms with van der Waals surface area (Å²) in [4.78, 5) is 27.6. The maximum Gasteiger partial charge on any atom is 0.247 e. The van der Waals surface area contributed by atoms with Crippen molar-refractivity contribution in [2.24, 2.45) is 0 Å². The van der Waals surface area contributed by atoms with Crippen LogP contribution in [-0.4, -0.2) is 29.3 Å². The summed E-state index contributed by atoms with van der Waals surface area (Å²) in [5.74, 6) is -0.385. The number of carbonyl (C=O) groups is 2. The fourth-order valence-electron chi connectivity index (χ4n) is 2.79. The fourth-order valence-corrected chi connectivity index (χ4v) is 3.93. The SMILES string of the molecule is O=C(Nc1cc(Cl)cc(Cl)c1)C1CCCN1C(=O)/C=C/c1cccs1. The smallest absolute Gasteiger partial charge is 0.247 e. The van der Waals surface area contributed by atoms with E-state index in [9.17, 15) is 9.59 Å². The fraction of sp³-hybridized carbons (Fsp3) is 0.222. The maximum absolute atomic E-state index is 12.6. The van der Waals surface area contributed by atoms with Gasteiger partial charge in [0.2, 0.25) is 11.8 Å². The zero-order chi connectivity index (χ0) is 17.8. The normalized spacial score (nSPS) is 17.2. The van der Waals surface area contributed by atoms with Crippen LogP contribution >= 0.6 is 34.5 Å². The van der Waals surface area contributed by atoms with Gasteiger partial charge in [0.1, 0.15) is 6.04 Å². The van der Waals surface area contributed by atoms with E-state index in [4.69, 9.17) is 23.2 Å². The molecule has 1 saturated heterocycles. The van der Waals surface area contributed by atoms with Crippen LogP contribution < -0.4 is 5.32 Å². The molecule has 1 fully saturated rings. The predicted molar refractivity (Wildman–Crippen MR) is 103 cm³/mol. The van der Waals surface area contributed by atoms with Crippen molar-refractivity contribution < 1.29 is 9.59 Å². The minimum Gasteiger partial charge on any atom is -0.327 e. The highest BCUT2D eigenvalue weighted by Gasteiger charge is 2.33. The Hall–Kier alpha value is -1.82. The second-order valence-corrected chi connectivity index (χ2v) is 7.54. The number of hydrogen-bond acceptors (Lipinski definition) is 3. The largest absolute Gasteiger partial charge is 0.327 e. The van der Waals surface area contributed by atoms with Crippen LogP contribution in [0.3, 0.4) is 0 Å². The summed E-state index contributed by atoms with van der Waals surface area (Å²) in [6, 6.07) is 8.23. The van der Waals surface area contributed by atoms with Gasteiger partial charge in [0.15, 0.2) is 0 Å². The van der Waals surface area contributed by atoms with Crippen LogP contribution in [0.1, 0.15) is 17.7 Å². The number of carbonyl (C=O) groups excluding carboxylic acids is 2. The lowest BCUT2D eigenvalue weighted by atomic mass is 10.2. The van der Waals surface area contributed by atoms with Gasteiger partial charge in [-0.25, -0.2) is 0 Å². The number of nitrogens with one attached hydrogen (secondary N) is 1. The molecule has 1 aliphatic rings. The van der Waals surface area contributed by atoms with Crippen LogP contribution in [0.4, 0.5) is 5.69 Å². The van der Waals surface area contributed by atoms with Gasteiger partial charge in [-0.1, -0.05) is 29.3 Å². The van der Waals surface area contributed by atoms with Crippen molar-refractivity contribution in [1.29, 1.82) is 0 Å². The Morgan fingerprint density at radius 2 is 2.00 bits per heavy atom. The van der Waals surface area contributed by atoms with Crippen LogP contribution in [0.15, 0.2) is 41.8 Å². The molecule has 2 amide bonds. The standard InChI is InChI=1S/C18H16Cl2N2O2S/c19-12-9-13(20)11-14(10-12)21-18(24)16-4-1-7-22(16)17(23)6-5-15-3-2-8-25-15/h2-3,5-6,8-11,16H,1,4,7H2,(H,21,24)/b6-5+. The first-order valence-electron chi connectivity index (χ1n) is 7.82. The lowest BCUT2D eigenvalue weighted by Gasteiger charge is -2.22. The Morgan fingerprint density at radius 3 is 2.68 bits per heavy atom. The van der Waals surface area contributed by atoms with Crippen molar-refractivity contribution in [3.8, 4) is 0 Å². The third-order valence-electron chi connectivity index (χ3n) is 3.90. The summed E-state index contributed by atoms with van der Waals surface area (Å²) in [6.45, 7) is 0.571. The van der Waals surface area contributed by atoms with Crippen LogP contribution in [-0.2, 0) is 9.59 Å². The molecule has 1 atom stereocenters. The van der Waals surface area contributed by atoms with E-state index >= 15 is 0 Å². The number of likely N-dealkylation sites (tertiary alicyclic amines) is 1. The highest BCUT2D eigenvalue weighted by molar-refractivity contribution is 7.10. The van der Waals surface area contributed by atoms with E-state index in [-0.39, 0.29) is 11.8 Å². The lowest BCUT2D eigenvalue weighted by Crippen LogP contribution is -2.42. The highest BCUT2D eigenvalue weighted by atomic mass is 35.5. The molecule has 2 aromatic rings. The number of anilines is 1.